The van der Waals surface area contributed by atoms with E-state index in [1.165, 1.54) is 5.57 Å². The van der Waals surface area contributed by atoms with Crippen LogP contribution in [0.3, 0.4) is 0 Å². The van der Waals surface area contributed by atoms with E-state index in [0.29, 0.717) is 30.2 Å². The molecule has 11 nitrogen and oxygen atoms in total. The molecule has 56 heavy (non-hydrogen) atoms. The Morgan fingerprint density at radius 3 is 2.41 bits per heavy atom. The molecular weight excluding hydrogens is 707 g/mol. The summed E-state index contributed by atoms with van der Waals surface area (Å²) < 4.78 is 6.10. The lowest BCUT2D eigenvalue weighted by atomic mass is 9.50. The average Bonchev–Trinajstić information content (AvgIpc) is 3.56. The number of amides is 3. The number of rotatable bonds is 14. The maximum absolute atomic E-state index is 14.8. The second-order valence-electron chi connectivity index (χ2n) is 16.5. The molecule has 3 aliphatic carbocycles. The highest BCUT2D eigenvalue weighted by molar-refractivity contribution is 5.97. The number of aliphatic hydroxyl groups is 1. The molecule has 1 saturated carbocycles. The van der Waals surface area contributed by atoms with Crippen LogP contribution in [0.15, 0.2) is 78.4 Å². The standard InChI is InChI=1S/C45H59N5O6/c1-27-37-23-34(45(37,4)5)24-38(27)47-44(54)41-40(28(2)49(29(3)52)19-18-30-14-11-10-12-15-30)39(26-51)56-50(41)25-31-16-13-17-36(42(31)55-9)32-20-33(43(53)46-6)22-35(21-32)48(7)8/h10-17,20-22,24,27-28,37-41,51H,18-19,23,25-26H2,1-9H3,(H,46,53)(H,47,54)/t27-,28-,37-,38-,39-,40-,41-/m0/s1. The summed E-state index contributed by atoms with van der Waals surface area (Å²) in [5.41, 5.74) is 6.29. The van der Waals surface area contributed by atoms with Gasteiger partial charge in [-0.15, -0.1) is 0 Å². The maximum atomic E-state index is 14.8. The van der Waals surface area contributed by atoms with E-state index in [0.717, 1.165) is 34.4 Å². The number of hydrogen-bond acceptors (Lipinski definition) is 8. The van der Waals surface area contributed by atoms with Gasteiger partial charge in [-0.25, -0.2) is 0 Å². The number of fused-ring (bicyclic) bond motifs is 2. The van der Waals surface area contributed by atoms with Crippen LogP contribution in [0.4, 0.5) is 5.69 Å². The first-order chi connectivity index (χ1) is 26.7. The molecule has 300 valence electrons. The molecule has 1 heterocycles. The van der Waals surface area contributed by atoms with Crippen molar-refractivity contribution in [1.82, 2.24) is 20.6 Å². The highest BCUT2D eigenvalue weighted by Gasteiger charge is 2.54. The summed E-state index contributed by atoms with van der Waals surface area (Å²) in [4.78, 5) is 51.3. The fourth-order valence-electron chi connectivity index (χ4n) is 9.30. The number of hydroxylamine groups is 2. The van der Waals surface area contributed by atoms with Crippen LogP contribution in [-0.2, 0) is 27.4 Å². The third-order valence-corrected chi connectivity index (χ3v) is 12.7. The molecule has 3 amide bonds. The molecule has 2 fully saturated rings. The Labute approximate surface area is 332 Å². The molecule has 1 saturated heterocycles. The number of nitrogens with zero attached hydrogens (tertiary/aromatic N) is 3. The maximum Gasteiger partial charge on any atom is 0.251 e. The number of allylic oxidation sites excluding steroid dienone is 1. The lowest BCUT2D eigenvalue weighted by molar-refractivity contribution is -0.182. The molecule has 1 aliphatic heterocycles. The SMILES string of the molecule is CNC(=O)c1cc(-c2cccc(CN3O[C@@H](CO)[C@H]([C@H](C)N(CCc4ccccc4)C(C)=O)[C@H]3C(=O)N[C@H]3C=C4C[C@@H]([C@@H]3C)C4(C)C)c2OC)cc(N(C)C)c1. The first-order valence-electron chi connectivity index (χ1n) is 19.8. The number of anilines is 1. The van der Waals surface area contributed by atoms with Gasteiger partial charge in [-0.1, -0.05) is 81.0 Å². The Kier molecular flexibility index (Phi) is 12.3. The van der Waals surface area contributed by atoms with E-state index in [4.69, 9.17) is 9.57 Å². The zero-order valence-electron chi connectivity index (χ0n) is 34.3. The summed E-state index contributed by atoms with van der Waals surface area (Å²) in [5, 5.41) is 18.6. The Balaban J connectivity index is 1.37. The van der Waals surface area contributed by atoms with Crippen LogP contribution in [0, 0.1) is 23.2 Å². The van der Waals surface area contributed by atoms with Gasteiger partial charge < -0.3 is 30.3 Å². The molecule has 0 unspecified atom stereocenters. The van der Waals surface area contributed by atoms with Gasteiger partial charge in [0.2, 0.25) is 11.8 Å². The topological polar surface area (TPSA) is 124 Å². The van der Waals surface area contributed by atoms with Crippen molar-refractivity contribution in [2.24, 2.45) is 23.2 Å². The molecule has 4 aliphatic rings. The normalized spacial score (nSPS) is 24.4. The quantitative estimate of drug-likeness (QED) is 0.185. The van der Waals surface area contributed by atoms with E-state index >= 15 is 0 Å². The van der Waals surface area contributed by atoms with Crippen LogP contribution >= 0.6 is 0 Å². The van der Waals surface area contributed by atoms with Crippen molar-refractivity contribution in [3.05, 3.63) is 95.1 Å². The van der Waals surface area contributed by atoms with Crippen LogP contribution in [0.25, 0.3) is 11.1 Å². The smallest absolute Gasteiger partial charge is 0.251 e. The van der Waals surface area contributed by atoms with Crippen LogP contribution in [-0.4, -0.2) is 98.4 Å². The number of methoxy groups -OCH3 is 1. The Morgan fingerprint density at radius 2 is 1.80 bits per heavy atom. The Bertz CT molecular complexity index is 1950. The fraction of sp³-hybridized carbons (Fsp3) is 0.489. The number of carbonyl (C=O) groups is 3. The van der Waals surface area contributed by atoms with Crippen molar-refractivity contribution < 1.29 is 29.1 Å². The summed E-state index contributed by atoms with van der Waals surface area (Å²) in [6, 6.07) is 20.1. The van der Waals surface area contributed by atoms with Gasteiger partial charge in [0, 0.05) is 68.9 Å². The van der Waals surface area contributed by atoms with Gasteiger partial charge in [0.05, 0.1) is 26.3 Å². The van der Waals surface area contributed by atoms with Gasteiger partial charge in [0.1, 0.15) is 17.9 Å². The third-order valence-electron chi connectivity index (χ3n) is 12.7. The predicted molar refractivity (Wildman–Crippen MR) is 219 cm³/mol. The molecule has 0 spiro atoms. The van der Waals surface area contributed by atoms with Gasteiger partial charge in [-0.05, 0) is 66.3 Å². The van der Waals surface area contributed by atoms with E-state index in [2.05, 4.69) is 37.5 Å². The lowest BCUT2D eigenvalue weighted by Crippen LogP contribution is -2.59. The van der Waals surface area contributed by atoms with Crippen molar-refractivity contribution in [2.75, 3.05) is 46.3 Å². The minimum atomic E-state index is -0.845. The summed E-state index contributed by atoms with van der Waals surface area (Å²) in [6.45, 7) is 10.6. The Morgan fingerprint density at radius 1 is 1.07 bits per heavy atom. The van der Waals surface area contributed by atoms with Crippen molar-refractivity contribution in [3.63, 3.8) is 0 Å². The Hall–Kier alpha value is -4.71. The minimum absolute atomic E-state index is 0.110. The molecule has 7 atom stereocenters. The third kappa shape index (κ3) is 7.94. The molecule has 3 aromatic rings. The number of benzene rings is 3. The second kappa shape index (κ2) is 16.8. The fourth-order valence-corrected chi connectivity index (χ4v) is 9.30. The lowest BCUT2D eigenvalue weighted by Gasteiger charge is -2.56. The zero-order valence-corrected chi connectivity index (χ0v) is 34.3. The van der Waals surface area contributed by atoms with E-state index in [-0.39, 0.29) is 48.2 Å². The van der Waals surface area contributed by atoms with Gasteiger partial charge in [-0.3, -0.25) is 19.2 Å². The van der Waals surface area contributed by atoms with Crippen molar-refractivity contribution in [2.45, 2.75) is 78.2 Å². The van der Waals surface area contributed by atoms with E-state index < -0.39 is 24.1 Å². The molecule has 3 aromatic carbocycles. The van der Waals surface area contributed by atoms with E-state index in [1.807, 2.05) is 92.6 Å². The summed E-state index contributed by atoms with van der Waals surface area (Å²) in [5.74, 6) is 0.206. The number of ether oxygens (including phenoxy) is 1. The molecule has 0 aromatic heterocycles. The molecular formula is C45H59N5O6. The van der Waals surface area contributed by atoms with Crippen molar-refractivity contribution >= 4 is 23.4 Å². The summed E-state index contributed by atoms with van der Waals surface area (Å²) in [6.07, 6.45) is 3.18. The van der Waals surface area contributed by atoms with E-state index in [1.54, 1.807) is 31.0 Å². The minimum Gasteiger partial charge on any atom is -0.496 e. The highest BCUT2D eigenvalue weighted by Crippen LogP contribution is 2.58. The van der Waals surface area contributed by atoms with Gasteiger partial charge in [0.15, 0.2) is 0 Å². The van der Waals surface area contributed by atoms with Crippen LogP contribution < -0.4 is 20.3 Å². The van der Waals surface area contributed by atoms with Crippen molar-refractivity contribution in [1.29, 1.82) is 0 Å². The largest absolute Gasteiger partial charge is 0.496 e. The average molecular weight is 766 g/mol. The number of para-hydroxylation sites is 1. The number of aliphatic hydroxyl groups excluding tert-OH is 1. The van der Waals surface area contributed by atoms with Crippen LogP contribution in [0.5, 0.6) is 5.75 Å². The summed E-state index contributed by atoms with van der Waals surface area (Å²) >= 11 is 0. The van der Waals surface area contributed by atoms with Crippen molar-refractivity contribution in [3.8, 4) is 16.9 Å². The molecule has 2 bridgehead atoms. The zero-order chi connectivity index (χ0) is 40.5. The number of hydrogen-bond donors (Lipinski definition) is 3. The van der Waals surface area contributed by atoms with Gasteiger partial charge in [-0.2, -0.15) is 5.06 Å². The van der Waals surface area contributed by atoms with Gasteiger partial charge >= 0.3 is 0 Å². The molecule has 0 radical (unpaired) electrons. The highest BCUT2D eigenvalue weighted by atomic mass is 16.7. The van der Waals surface area contributed by atoms with Gasteiger partial charge in [0.25, 0.3) is 5.91 Å². The first kappa shape index (κ1) is 40.9. The summed E-state index contributed by atoms with van der Waals surface area (Å²) in [7, 11) is 7.07. The van der Waals surface area contributed by atoms with Crippen LogP contribution in [0.1, 0.15) is 62.5 Å². The second-order valence-corrected chi connectivity index (χ2v) is 16.5. The molecule has 11 heteroatoms. The number of carbonyl (C=O) groups excluding carboxylic acids is 3. The number of nitrogens with one attached hydrogen (secondary N) is 2. The predicted octanol–water partition coefficient (Wildman–Crippen LogP) is 5.47. The van der Waals surface area contributed by atoms with Crippen LogP contribution in [0.2, 0.25) is 0 Å². The first-order valence-corrected chi connectivity index (χ1v) is 19.8. The molecule has 3 N–H and O–H groups in total. The molecule has 7 rings (SSSR count). The van der Waals surface area contributed by atoms with E-state index in [9.17, 15) is 19.5 Å². The monoisotopic (exact) mass is 765 g/mol.